The molecule has 482 valence electrons. The monoisotopic (exact) mass is 1230 g/mol. The number of aliphatic imine (C=N–C) groups is 1. The number of carboxylic acids is 2. The standard InChI is InChI=1S/C54H83N15O18/c1-30-47(77)58-31(2)48(78)62-35(15-10-24-67(85)28-70)50(80)65-37(14-7-9-22-56)54(84)87-32(3)45(53(83)59-30)66-51(81)34(13-6-8-21-55)63-49(79)36(16-11-25-68(86)29-71)64-52(82)39(27-44(75)76)60-41-20-23-57-46-38(61-42(72)18-19-43(73)74)26-33-12-4-5-17-40(33)69(41)46/h12,17,26,28-32,34-37,39,41,45,60,85-86H,4-11,13-16,18-25,27,55-56H2,1-3H3,(H,58,77)(H,59,83)(H,61,72)(H,62,78)(H,63,79)(H,64,82)(H,65,80)(H,66,81)(H,73,74)(H,75,76)/t30-,31+,32-,34+,35?,36-,37+,39+,41+,45+/m1/s1. The number of rotatable bonds is 32. The summed E-state index contributed by atoms with van der Waals surface area (Å²) in [5.74, 6) is -10.9. The van der Waals surface area contributed by atoms with Gasteiger partial charge in [0.1, 0.15) is 48.4 Å². The topological polar surface area (TPSA) is 494 Å². The van der Waals surface area contributed by atoms with Crippen molar-refractivity contribution in [2.75, 3.05) is 32.7 Å². The van der Waals surface area contributed by atoms with E-state index in [1.54, 1.807) is 11.0 Å². The molecule has 0 radical (unpaired) electrons. The maximum atomic E-state index is 14.6. The molecule has 1 saturated heterocycles. The van der Waals surface area contributed by atoms with Gasteiger partial charge in [0.05, 0.1) is 30.7 Å². The first-order valence-electron chi connectivity index (χ1n) is 28.9. The third-order valence-corrected chi connectivity index (χ3v) is 14.4. The van der Waals surface area contributed by atoms with Crippen LogP contribution in [0.15, 0.2) is 40.2 Å². The second-order valence-corrected chi connectivity index (χ2v) is 21.2. The fourth-order valence-corrected chi connectivity index (χ4v) is 9.66. The van der Waals surface area contributed by atoms with E-state index in [1.807, 2.05) is 12.2 Å². The highest BCUT2D eigenvalue weighted by Gasteiger charge is 2.41. The number of amides is 10. The van der Waals surface area contributed by atoms with Crippen LogP contribution in [0.5, 0.6) is 0 Å². The average Bonchev–Trinajstić information content (AvgIpc) is 1.12. The van der Waals surface area contributed by atoms with Gasteiger partial charge in [-0.1, -0.05) is 12.2 Å². The zero-order valence-electron chi connectivity index (χ0n) is 49.0. The van der Waals surface area contributed by atoms with Crippen LogP contribution >= 0.6 is 0 Å². The first-order chi connectivity index (χ1) is 41.4. The van der Waals surface area contributed by atoms with E-state index >= 15 is 0 Å². The van der Waals surface area contributed by atoms with E-state index in [0.717, 1.165) is 0 Å². The van der Waals surface area contributed by atoms with Crippen molar-refractivity contribution in [3.8, 4) is 0 Å². The number of carbonyl (C=O) groups excluding carboxylic acids is 11. The summed E-state index contributed by atoms with van der Waals surface area (Å²) < 4.78 is 5.77. The van der Waals surface area contributed by atoms with Gasteiger partial charge in [0.25, 0.3) is 0 Å². The Balaban J connectivity index is 1.67. The zero-order valence-corrected chi connectivity index (χ0v) is 49.0. The van der Waals surface area contributed by atoms with E-state index in [9.17, 15) is 83.0 Å². The quantitative estimate of drug-likeness (QED) is 0.0101. The highest BCUT2D eigenvalue weighted by atomic mass is 16.5. The lowest BCUT2D eigenvalue weighted by atomic mass is 9.95. The molecule has 0 aromatic heterocycles. The van der Waals surface area contributed by atoms with Gasteiger partial charge >= 0.3 is 17.9 Å². The summed E-state index contributed by atoms with van der Waals surface area (Å²) in [6.07, 6.45) is 3.31. The number of allylic oxidation sites excluding steroid dienone is 3. The number of hydroxylamine groups is 4. The molecule has 1 aliphatic carbocycles. The van der Waals surface area contributed by atoms with Gasteiger partial charge in [0, 0.05) is 38.2 Å². The number of aliphatic carboxylic acids is 2. The highest BCUT2D eigenvalue weighted by Crippen LogP contribution is 2.34. The maximum absolute atomic E-state index is 14.6. The number of hydrogen-bond donors (Lipinski definition) is 15. The van der Waals surface area contributed by atoms with Crippen LogP contribution in [-0.4, -0.2) is 213 Å². The highest BCUT2D eigenvalue weighted by molar-refractivity contribution is 6.05. The van der Waals surface area contributed by atoms with E-state index in [-0.39, 0.29) is 126 Å². The minimum atomic E-state index is -1.86. The van der Waals surface area contributed by atoms with E-state index < -0.39 is 139 Å². The number of cyclic esters (lactones) is 1. The summed E-state index contributed by atoms with van der Waals surface area (Å²) in [5, 5.41) is 63.0. The van der Waals surface area contributed by atoms with Crippen molar-refractivity contribution in [1.82, 2.24) is 62.9 Å². The van der Waals surface area contributed by atoms with Crippen LogP contribution in [0.2, 0.25) is 0 Å². The molecule has 3 aliphatic heterocycles. The molecule has 17 N–H and O–H groups in total. The number of amidine groups is 1. The van der Waals surface area contributed by atoms with Crippen LogP contribution in [0.3, 0.4) is 0 Å². The summed E-state index contributed by atoms with van der Waals surface area (Å²) in [6.45, 7) is 3.64. The summed E-state index contributed by atoms with van der Waals surface area (Å²) >= 11 is 0. The minimum absolute atomic E-state index is 0.0180. The molecule has 1 unspecified atom stereocenters. The molecule has 10 atom stereocenters. The summed E-state index contributed by atoms with van der Waals surface area (Å²) in [7, 11) is 0. The predicted octanol–water partition coefficient (Wildman–Crippen LogP) is -3.78. The summed E-state index contributed by atoms with van der Waals surface area (Å²) in [5.41, 5.74) is 13.0. The van der Waals surface area contributed by atoms with Crippen molar-refractivity contribution >= 4 is 83.8 Å². The molecule has 0 aromatic carbocycles. The molecule has 10 amide bonds. The Morgan fingerprint density at radius 3 is 1.93 bits per heavy atom. The van der Waals surface area contributed by atoms with Gasteiger partial charge in [-0.3, -0.25) is 78.3 Å². The molecule has 4 aliphatic rings. The summed E-state index contributed by atoms with van der Waals surface area (Å²) in [6, 6.07) is -12.2. The number of esters is 1. The van der Waals surface area contributed by atoms with Crippen LogP contribution < -0.4 is 59.3 Å². The average molecular weight is 1230 g/mol. The van der Waals surface area contributed by atoms with Crippen LogP contribution in [0.4, 0.5) is 0 Å². The Bertz CT molecular complexity index is 2630. The molecule has 33 heteroatoms. The number of nitrogens with one attached hydrogen (secondary N) is 9. The number of hydrogen-bond acceptors (Lipinski definition) is 21. The summed E-state index contributed by atoms with van der Waals surface area (Å²) in [4.78, 5) is 178. The van der Waals surface area contributed by atoms with Crippen LogP contribution in [0.1, 0.15) is 124 Å². The van der Waals surface area contributed by atoms with E-state index in [2.05, 4.69) is 52.8 Å². The molecule has 87 heavy (non-hydrogen) atoms. The number of fused-ring (bicyclic) bond motifs is 3. The maximum Gasteiger partial charge on any atom is 0.328 e. The number of carbonyl (C=O) groups is 13. The molecule has 0 saturated carbocycles. The smallest absolute Gasteiger partial charge is 0.328 e. The van der Waals surface area contributed by atoms with Gasteiger partial charge in [0.2, 0.25) is 60.1 Å². The fourth-order valence-electron chi connectivity index (χ4n) is 9.66. The van der Waals surface area contributed by atoms with Gasteiger partial charge in [-0.25, -0.2) is 14.9 Å². The van der Waals surface area contributed by atoms with Crippen LogP contribution in [0, 0.1) is 0 Å². The second-order valence-electron chi connectivity index (χ2n) is 21.2. The Labute approximate surface area is 501 Å². The second kappa shape index (κ2) is 35.9. The number of nitrogens with zero attached hydrogens (tertiary/aromatic N) is 4. The number of carboxylic acid groups (broad SMARTS) is 2. The van der Waals surface area contributed by atoms with E-state index in [0.29, 0.717) is 42.0 Å². The van der Waals surface area contributed by atoms with E-state index in [1.165, 1.54) is 20.8 Å². The Morgan fingerprint density at radius 1 is 0.713 bits per heavy atom. The molecule has 0 bridgehead atoms. The molecule has 0 spiro atoms. The van der Waals surface area contributed by atoms with Crippen LogP contribution in [-0.2, 0) is 67.1 Å². The molecule has 1 fully saturated rings. The van der Waals surface area contributed by atoms with Crippen molar-refractivity contribution in [1.29, 1.82) is 0 Å². The molecule has 4 rings (SSSR count). The zero-order chi connectivity index (χ0) is 64.3. The number of nitrogens with two attached hydrogens (primary N) is 2. The molecular formula is C54H83N15O18. The van der Waals surface area contributed by atoms with Crippen LogP contribution in [0.25, 0.3) is 0 Å². The SMILES string of the molecule is C[C@@H]1NC(=O)[C@@H](C)NC(=O)[C@@H](NC(=O)[C@H](CCCCN)NC(=O)[C@@H](CCCN(O)C=O)NC(=O)[C@H](CC(=O)O)N[C@@H]2CCN=C3C(NC(=O)CCC(=O)O)=CC4=CCCC=C4N32)[C@@H](C)OC(=O)[C@H](CCCCN)NC(=O)C(CCCN(O)C=O)NC1=O. The van der Waals surface area contributed by atoms with Crippen molar-refractivity contribution in [2.24, 2.45) is 16.5 Å². The van der Waals surface area contributed by atoms with Gasteiger partial charge in [0.15, 0.2) is 5.84 Å². The van der Waals surface area contributed by atoms with Crippen molar-refractivity contribution < 1.29 is 87.7 Å². The molecule has 3 heterocycles. The molecular weight excluding hydrogens is 1150 g/mol. The largest absolute Gasteiger partial charge is 0.481 e. The molecule has 0 aromatic rings. The lowest BCUT2D eigenvalue weighted by Gasteiger charge is -2.44. The number of unbranched alkanes of at least 4 members (excludes halogenated alkanes) is 2. The Hall–Kier alpha value is -8.40. The Morgan fingerprint density at radius 2 is 1.29 bits per heavy atom. The number of ether oxygens (including phenoxy) is 1. The van der Waals surface area contributed by atoms with E-state index in [4.69, 9.17) is 16.2 Å². The fraction of sp³-hybridized carbons (Fsp3) is 0.630. The lowest BCUT2D eigenvalue weighted by Crippen LogP contribution is -2.63. The minimum Gasteiger partial charge on any atom is -0.481 e. The van der Waals surface area contributed by atoms with Crippen molar-refractivity contribution in [2.45, 2.75) is 184 Å². The first-order valence-corrected chi connectivity index (χ1v) is 28.9. The molecule has 33 nitrogen and oxygen atoms in total. The van der Waals surface area contributed by atoms with Gasteiger partial charge < -0.3 is 73.9 Å². The predicted molar refractivity (Wildman–Crippen MR) is 304 cm³/mol. The normalized spacial score (nSPS) is 22.7. The van der Waals surface area contributed by atoms with Gasteiger partial charge in [-0.15, -0.1) is 0 Å². The van der Waals surface area contributed by atoms with Crippen molar-refractivity contribution in [3.05, 3.63) is 35.2 Å². The van der Waals surface area contributed by atoms with Gasteiger partial charge in [-0.2, -0.15) is 0 Å². The van der Waals surface area contributed by atoms with Crippen molar-refractivity contribution in [3.63, 3.8) is 0 Å². The lowest BCUT2D eigenvalue weighted by molar-refractivity contribution is -0.156. The third kappa shape index (κ3) is 22.8. The Kier molecular flexibility index (Phi) is 29.3. The first kappa shape index (κ1) is 71.1. The third-order valence-electron chi connectivity index (χ3n) is 14.4. The van der Waals surface area contributed by atoms with Gasteiger partial charge in [-0.05, 0) is 123 Å².